The quantitative estimate of drug-likeness (QED) is 0.758. The minimum atomic E-state index is -0.378. The van der Waals surface area contributed by atoms with Gasteiger partial charge in [0.15, 0.2) is 6.61 Å². The largest absolute Gasteiger partial charge is 0.455 e. The van der Waals surface area contributed by atoms with Gasteiger partial charge < -0.3 is 15.0 Å². The summed E-state index contributed by atoms with van der Waals surface area (Å²) in [6.45, 7) is 4.89. The van der Waals surface area contributed by atoms with Gasteiger partial charge in [0.25, 0.3) is 11.8 Å². The third-order valence-electron chi connectivity index (χ3n) is 4.75. The second-order valence-corrected chi connectivity index (χ2v) is 6.55. The van der Waals surface area contributed by atoms with Crippen LogP contribution in [-0.4, -0.2) is 42.4 Å². The molecule has 0 aromatic heterocycles. The first-order chi connectivity index (χ1) is 12.5. The lowest BCUT2D eigenvalue weighted by molar-refractivity contribution is -0.152. The average Bonchev–Trinajstić information content (AvgIpc) is 2.68. The number of ether oxygens (including phenoxy) is 1. The molecule has 1 aromatic carbocycles. The maximum atomic E-state index is 12.2. The van der Waals surface area contributed by atoms with Gasteiger partial charge in [0, 0.05) is 24.3 Å². The molecule has 0 radical (unpaired) electrons. The van der Waals surface area contributed by atoms with Crippen molar-refractivity contribution in [2.45, 2.75) is 46.0 Å². The first kappa shape index (κ1) is 19.9. The SMILES string of the molecule is CCN(CC)C(=O)c1ccc(NC(=O)COC(=O)C2CCCCC2)cc1. The van der Waals surface area contributed by atoms with Crippen LogP contribution in [0.15, 0.2) is 24.3 Å². The van der Waals surface area contributed by atoms with E-state index in [4.69, 9.17) is 4.74 Å². The third kappa shape index (κ3) is 5.58. The molecule has 2 rings (SSSR count). The molecule has 0 aliphatic heterocycles. The van der Waals surface area contributed by atoms with E-state index >= 15 is 0 Å². The van der Waals surface area contributed by atoms with Crippen LogP contribution in [0.5, 0.6) is 0 Å². The minimum absolute atomic E-state index is 0.0331. The van der Waals surface area contributed by atoms with Crippen LogP contribution in [-0.2, 0) is 14.3 Å². The Kier molecular flexibility index (Phi) is 7.63. The standard InChI is InChI=1S/C20H28N2O4/c1-3-22(4-2)19(24)15-10-12-17(13-11-15)21-18(23)14-26-20(25)16-8-6-5-7-9-16/h10-13,16H,3-9,14H2,1-2H3,(H,21,23). The van der Waals surface area contributed by atoms with Crippen molar-refractivity contribution in [1.82, 2.24) is 4.90 Å². The Morgan fingerprint density at radius 3 is 2.23 bits per heavy atom. The van der Waals surface area contributed by atoms with Crippen molar-refractivity contribution < 1.29 is 19.1 Å². The lowest BCUT2D eigenvalue weighted by Gasteiger charge is -2.19. The highest BCUT2D eigenvalue weighted by atomic mass is 16.5. The normalized spacial score (nSPS) is 14.5. The summed E-state index contributed by atoms with van der Waals surface area (Å²) >= 11 is 0. The second kappa shape index (κ2) is 9.94. The van der Waals surface area contributed by atoms with Crippen molar-refractivity contribution in [3.63, 3.8) is 0 Å². The molecular formula is C20H28N2O4. The predicted molar refractivity (Wildman–Crippen MR) is 99.9 cm³/mol. The van der Waals surface area contributed by atoms with Crippen LogP contribution in [0.3, 0.4) is 0 Å². The maximum Gasteiger partial charge on any atom is 0.309 e. The van der Waals surface area contributed by atoms with E-state index in [2.05, 4.69) is 5.32 Å². The second-order valence-electron chi connectivity index (χ2n) is 6.55. The Hall–Kier alpha value is -2.37. The zero-order valence-corrected chi connectivity index (χ0v) is 15.6. The van der Waals surface area contributed by atoms with E-state index in [1.807, 2.05) is 13.8 Å². The first-order valence-corrected chi connectivity index (χ1v) is 9.41. The fourth-order valence-corrected chi connectivity index (χ4v) is 3.18. The van der Waals surface area contributed by atoms with Crippen molar-refractivity contribution in [1.29, 1.82) is 0 Å². The van der Waals surface area contributed by atoms with E-state index in [0.29, 0.717) is 24.3 Å². The van der Waals surface area contributed by atoms with Gasteiger partial charge in [-0.1, -0.05) is 19.3 Å². The molecule has 0 saturated heterocycles. The number of amides is 2. The molecule has 0 heterocycles. The number of rotatable bonds is 7. The van der Waals surface area contributed by atoms with Gasteiger partial charge in [-0.25, -0.2) is 0 Å². The van der Waals surface area contributed by atoms with Gasteiger partial charge in [0.2, 0.25) is 0 Å². The number of nitrogens with one attached hydrogen (secondary N) is 1. The van der Waals surface area contributed by atoms with Crippen LogP contribution < -0.4 is 5.32 Å². The van der Waals surface area contributed by atoms with E-state index < -0.39 is 0 Å². The Labute approximate surface area is 154 Å². The summed E-state index contributed by atoms with van der Waals surface area (Å²) in [6, 6.07) is 6.73. The average molecular weight is 360 g/mol. The van der Waals surface area contributed by atoms with Gasteiger partial charge in [-0.05, 0) is 51.0 Å². The van der Waals surface area contributed by atoms with E-state index in [1.54, 1.807) is 29.2 Å². The van der Waals surface area contributed by atoms with Crippen molar-refractivity contribution in [3.05, 3.63) is 29.8 Å². The van der Waals surface area contributed by atoms with Gasteiger partial charge in [0.1, 0.15) is 0 Å². The number of benzene rings is 1. The molecule has 1 fully saturated rings. The fourth-order valence-electron chi connectivity index (χ4n) is 3.18. The molecule has 142 valence electrons. The highest BCUT2D eigenvalue weighted by Crippen LogP contribution is 2.24. The summed E-state index contributed by atoms with van der Waals surface area (Å²) in [5, 5.41) is 2.68. The highest BCUT2D eigenvalue weighted by molar-refractivity contribution is 5.96. The summed E-state index contributed by atoms with van der Waals surface area (Å²) in [5.74, 6) is -0.756. The molecule has 0 unspecified atom stereocenters. The highest BCUT2D eigenvalue weighted by Gasteiger charge is 2.23. The molecular weight excluding hydrogens is 332 g/mol. The molecule has 1 N–H and O–H groups in total. The lowest BCUT2D eigenvalue weighted by Crippen LogP contribution is -2.30. The molecule has 6 heteroatoms. The van der Waals surface area contributed by atoms with E-state index in [0.717, 1.165) is 32.1 Å². The molecule has 1 aliphatic rings. The third-order valence-corrected chi connectivity index (χ3v) is 4.75. The lowest BCUT2D eigenvalue weighted by atomic mass is 9.89. The van der Waals surface area contributed by atoms with Crippen molar-refractivity contribution >= 4 is 23.5 Å². The molecule has 0 atom stereocenters. The van der Waals surface area contributed by atoms with E-state index in [-0.39, 0.29) is 30.3 Å². The summed E-state index contributed by atoms with van der Waals surface area (Å²) in [7, 11) is 0. The summed E-state index contributed by atoms with van der Waals surface area (Å²) in [4.78, 5) is 37.9. The fraction of sp³-hybridized carbons (Fsp3) is 0.550. The minimum Gasteiger partial charge on any atom is -0.455 e. The number of anilines is 1. The smallest absolute Gasteiger partial charge is 0.309 e. The van der Waals surface area contributed by atoms with Crippen LogP contribution in [0.1, 0.15) is 56.3 Å². The molecule has 2 amide bonds. The number of carbonyl (C=O) groups is 3. The number of carbonyl (C=O) groups excluding carboxylic acids is 3. The van der Waals surface area contributed by atoms with Crippen LogP contribution in [0, 0.1) is 5.92 Å². The first-order valence-electron chi connectivity index (χ1n) is 9.41. The zero-order chi connectivity index (χ0) is 18.9. The topological polar surface area (TPSA) is 75.7 Å². The van der Waals surface area contributed by atoms with Gasteiger partial charge in [0.05, 0.1) is 5.92 Å². The Morgan fingerprint density at radius 1 is 1.04 bits per heavy atom. The zero-order valence-electron chi connectivity index (χ0n) is 15.6. The Morgan fingerprint density at radius 2 is 1.65 bits per heavy atom. The summed E-state index contributed by atoms with van der Waals surface area (Å²) in [6.07, 6.45) is 4.96. The molecule has 1 aromatic rings. The van der Waals surface area contributed by atoms with Gasteiger partial charge in [-0.15, -0.1) is 0 Å². The summed E-state index contributed by atoms with van der Waals surface area (Å²) in [5.41, 5.74) is 1.15. The number of hydrogen-bond acceptors (Lipinski definition) is 4. The van der Waals surface area contributed by atoms with Crippen LogP contribution >= 0.6 is 0 Å². The Bertz CT molecular complexity index is 617. The van der Waals surface area contributed by atoms with Gasteiger partial charge in [-0.3, -0.25) is 14.4 Å². The maximum absolute atomic E-state index is 12.2. The molecule has 1 aliphatic carbocycles. The predicted octanol–water partition coefficient (Wildman–Crippen LogP) is 3.23. The van der Waals surface area contributed by atoms with E-state index in [9.17, 15) is 14.4 Å². The summed E-state index contributed by atoms with van der Waals surface area (Å²) < 4.78 is 5.13. The van der Waals surface area contributed by atoms with Gasteiger partial charge >= 0.3 is 5.97 Å². The molecule has 1 saturated carbocycles. The van der Waals surface area contributed by atoms with Crippen molar-refractivity contribution in [2.75, 3.05) is 25.0 Å². The molecule has 0 spiro atoms. The molecule has 6 nitrogen and oxygen atoms in total. The van der Waals surface area contributed by atoms with E-state index in [1.165, 1.54) is 0 Å². The number of esters is 1. The number of nitrogens with zero attached hydrogens (tertiary/aromatic N) is 1. The van der Waals surface area contributed by atoms with Crippen LogP contribution in [0.2, 0.25) is 0 Å². The van der Waals surface area contributed by atoms with Crippen LogP contribution in [0.25, 0.3) is 0 Å². The molecule has 0 bridgehead atoms. The number of hydrogen-bond donors (Lipinski definition) is 1. The monoisotopic (exact) mass is 360 g/mol. The van der Waals surface area contributed by atoms with Crippen LogP contribution in [0.4, 0.5) is 5.69 Å². The van der Waals surface area contributed by atoms with Crippen molar-refractivity contribution in [2.24, 2.45) is 5.92 Å². The van der Waals surface area contributed by atoms with Crippen molar-refractivity contribution in [3.8, 4) is 0 Å². The Balaban J connectivity index is 1.81. The molecule has 26 heavy (non-hydrogen) atoms. The van der Waals surface area contributed by atoms with Gasteiger partial charge in [-0.2, -0.15) is 0 Å².